The van der Waals surface area contributed by atoms with Crippen LogP contribution in [-0.2, 0) is 9.59 Å². The van der Waals surface area contributed by atoms with Gasteiger partial charge in [0.15, 0.2) is 0 Å². The Morgan fingerprint density at radius 1 is 1.40 bits per heavy atom. The number of carbonyl (C=O) groups excluding carboxylic acids is 2. The summed E-state index contributed by atoms with van der Waals surface area (Å²) in [6.07, 6.45) is 2.38. The molecule has 1 aromatic rings. The molecule has 5 nitrogen and oxygen atoms in total. The van der Waals surface area contributed by atoms with Crippen LogP contribution in [0.1, 0.15) is 33.1 Å². The molecule has 0 atom stereocenters. The molecule has 1 N–H and O–H groups in total. The Kier molecular flexibility index (Phi) is 4.61. The molecule has 1 heterocycles. The molecule has 108 valence electrons. The number of amides is 2. The number of benzene rings is 1. The van der Waals surface area contributed by atoms with Crippen molar-refractivity contribution >= 4 is 23.2 Å². The fourth-order valence-corrected chi connectivity index (χ4v) is 2.18. The van der Waals surface area contributed by atoms with Crippen LogP contribution < -0.4 is 15.0 Å². The van der Waals surface area contributed by atoms with E-state index >= 15 is 0 Å². The van der Waals surface area contributed by atoms with Crippen molar-refractivity contribution in [3.05, 3.63) is 18.2 Å². The summed E-state index contributed by atoms with van der Waals surface area (Å²) in [5, 5.41) is 2.85. The topological polar surface area (TPSA) is 58.6 Å². The predicted molar refractivity (Wildman–Crippen MR) is 78.1 cm³/mol. The highest BCUT2D eigenvalue weighted by molar-refractivity contribution is 5.96. The van der Waals surface area contributed by atoms with Gasteiger partial charge in [-0.25, -0.2) is 0 Å². The number of nitrogens with zero attached hydrogens (tertiary/aromatic N) is 1. The second kappa shape index (κ2) is 6.41. The summed E-state index contributed by atoms with van der Waals surface area (Å²) >= 11 is 0. The first-order valence-corrected chi connectivity index (χ1v) is 6.96. The van der Waals surface area contributed by atoms with Gasteiger partial charge in [-0.2, -0.15) is 0 Å². The van der Waals surface area contributed by atoms with Crippen LogP contribution in [0.25, 0.3) is 0 Å². The zero-order valence-corrected chi connectivity index (χ0v) is 11.9. The number of nitrogens with one attached hydrogen (secondary N) is 1. The minimum Gasteiger partial charge on any atom is -0.490 e. The van der Waals surface area contributed by atoms with Crippen molar-refractivity contribution in [1.29, 1.82) is 0 Å². The minimum absolute atomic E-state index is 0.00194. The normalized spacial score (nSPS) is 13.4. The van der Waals surface area contributed by atoms with Gasteiger partial charge < -0.3 is 15.0 Å². The highest BCUT2D eigenvalue weighted by atomic mass is 16.5. The van der Waals surface area contributed by atoms with Gasteiger partial charge in [0.25, 0.3) is 0 Å². The number of anilines is 2. The van der Waals surface area contributed by atoms with Gasteiger partial charge >= 0.3 is 0 Å². The van der Waals surface area contributed by atoms with Gasteiger partial charge in [0.1, 0.15) is 12.4 Å². The monoisotopic (exact) mass is 276 g/mol. The van der Waals surface area contributed by atoms with Crippen molar-refractivity contribution in [2.45, 2.75) is 33.1 Å². The summed E-state index contributed by atoms with van der Waals surface area (Å²) in [5.74, 6) is 0.653. The van der Waals surface area contributed by atoms with Gasteiger partial charge in [0, 0.05) is 19.0 Å². The van der Waals surface area contributed by atoms with E-state index in [0.717, 1.165) is 18.5 Å². The maximum absolute atomic E-state index is 11.7. The Balaban J connectivity index is 2.15. The smallest absolute Gasteiger partial charge is 0.224 e. The number of unbranched alkanes of at least 4 members (excludes halogenated alkanes) is 1. The van der Waals surface area contributed by atoms with E-state index in [0.29, 0.717) is 31.0 Å². The summed E-state index contributed by atoms with van der Waals surface area (Å²) in [6, 6.07) is 5.38. The van der Waals surface area contributed by atoms with E-state index < -0.39 is 0 Å². The molecular formula is C15H20N2O3. The summed E-state index contributed by atoms with van der Waals surface area (Å²) in [7, 11) is 0. The summed E-state index contributed by atoms with van der Waals surface area (Å²) in [6.45, 7) is 4.61. The quantitative estimate of drug-likeness (QED) is 0.919. The minimum atomic E-state index is -0.0241. The van der Waals surface area contributed by atoms with E-state index in [1.54, 1.807) is 23.1 Å². The van der Waals surface area contributed by atoms with Crippen LogP contribution in [0.15, 0.2) is 18.2 Å². The maximum atomic E-state index is 11.7. The zero-order chi connectivity index (χ0) is 14.5. The summed E-state index contributed by atoms with van der Waals surface area (Å²) in [4.78, 5) is 25.0. The van der Waals surface area contributed by atoms with Crippen molar-refractivity contribution < 1.29 is 14.3 Å². The van der Waals surface area contributed by atoms with Crippen molar-refractivity contribution in [3.8, 4) is 5.75 Å². The lowest BCUT2D eigenvalue weighted by Crippen LogP contribution is -2.36. The molecule has 0 spiro atoms. The third kappa shape index (κ3) is 3.29. The van der Waals surface area contributed by atoms with Crippen LogP contribution in [0, 0.1) is 0 Å². The van der Waals surface area contributed by atoms with Crippen LogP contribution in [-0.4, -0.2) is 25.0 Å². The molecule has 1 aliphatic heterocycles. The van der Waals surface area contributed by atoms with Crippen molar-refractivity contribution in [2.24, 2.45) is 0 Å². The second-order valence-corrected chi connectivity index (χ2v) is 4.85. The second-order valence-electron chi connectivity index (χ2n) is 4.85. The molecule has 0 aliphatic carbocycles. The van der Waals surface area contributed by atoms with Crippen molar-refractivity contribution in [1.82, 2.24) is 0 Å². The number of hydrogen-bond donors (Lipinski definition) is 1. The predicted octanol–water partition coefficient (Wildman–Crippen LogP) is 2.56. The third-order valence-electron chi connectivity index (χ3n) is 3.24. The molecule has 1 aliphatic rings. The number of carbonyl (C=O) groups is 2. The molecule has 0 bridgehead atoms. The van der Waals surface area contributed by atoms with Crippen LogP contribution in [0.4, 0.5) is 11.4 Å². The lowest BCUT2D eigenvalue weighted by atomic mass is 10.2. The molecule has 0 unspecified atom stereocenters. The molecule has 0 aromatic heterocycles. The highest BCUT2D eigenvalue weighted by Crippen LogP contribution is 2.34. The Labute approximate surface area is 118 Å². The lowest BCUT2D eigenvalue weighted by Gasteiger charge is -2.29. The van der Waals surface area contributed by atoms with E-state index in [1.165, 1.54) is 6.92 Å². The molecular weight excluding hydrogens is 256 g/mol. The highest BCUT2D eigenvalue weighted by Gasteiger charge is 2.21. The van der Waals surface area contributed by atoms with Gasteiger partial charge in [-0.1, -0.05) is 13.3 Å². The van der Waals surface area contributed by atoms with Crippen LogP contribution >= 0.6 is 0 Å². The summed E-state index contributed by atoms with van der Waals surface area (Å²) in [5.41, 5.74) is 1.42. The fraction of sp³-hybridized carbons (Fsp3) is 0.467. The van der Waals surface area contributed by atoms with Gasteiger partial charge in [-0.05, 0) is 24.6 Å². The van der Waals surface area contributed by atoms with Crippen molar-refractivity contribution in [2.75, 3.05) is 23.4 Å². The van der Waals surface area contributed by atoms with Crippen LogP contribution in [0.3, 0.4) is 0 Å². The van der Waals surface area contributed by atoms with E-state index in [1.807, 2.05) is 6.92 Å². The van der Waals surface area contributed by atoms with Gasteiger partial charge in [-0.3, -0.25) is 9.59 Å². The molecule has 0 fully saturated rings. The maximum Gasteiger partial charge on any atom is 0.224 e. The third-order valence-corrected chi connectivity index (χ3v) is 3.24. The Bertz CT molecular complexity index is 514. The van der Waals surface area contributed by atoms with E-state index in [4.69, 9.17) is 4.74 Å². The number of rotatable bonds is 4. The van der Waals surface area contributed by atoms with E-state index in [-0.39, 0.29) is 11.8 Å². The molecule has 0 saturated carbocycles. The van der Waals surface area contributed by atoms with Gasteiger partial charge in [0.2, 0.25) is 11.8 Å². The SMILES string of the molecule is CCCCC(=O)Nc1ccc2c(c1)N(C(C)=O)CCO2. The van der Waals surface area contributed by atoms with Crippen LogP contribution in [0.2, 0.25) is 0 Å². The average molecular weight is 276 g/mol. The molecule has 5 heteroatoms. The first-order valence-electron chi connectivity index (χ1n) is 6.96. The lowest BCUT2D eigenvalue weighted by molar-refractivity contribution is -0.117. The Morgan fingerprint density at radius 3 is 2.90 bits per heavy atom. The van der Waals surface area contributed by atoms with Gasteiger partial charge in [-0.15, -0.1) is 0 Å². The van der Waals surface area contributed by atoms with Crippen molar-refractivity contribution in [3.63, 3.8) is 0 Å². The Morgan fingerprint density at radius 2 is 2.20 bits per heavy atom. The van der Waals surface area contributed by atoms with E-state index in [9.17, 15) is 9.59 Å². The molecule has 2 amide bonds. The number of hydrogen-bond acceptors (Lipinski definition) is 3. The van der Waals surface area contributed by atoms with Crippen LogP contribution in [0.5, 0.6) is 5.75 Å². The number of ether oxygens (including phenoxy) is 1. The first kappa shape index (κ1) is 14.4. The molecule has 1 aromatic carbocycles. The molecule has 0 radical (unpaired) electrons. The fourth-order valence-electron chi connectivity index (χ4n) is 2.18. The molecule has 20 heavy (non-hydrogen) atoms. The summed E-state index contributed by atoms with van der Waals surface area (Å²) < 4.78 is 5.52. The number of fused-ring (bicyclic) bond motifs is 1. The standard InChI is InChI=1S/C15H20N2O3/c1-3-4-5-15(19)16-12-6-7-14-13(10-12)17(11(2)18)8-9-20-14/h6-7,10H,3-5,8-9H2,1-2H3,(H,16,19). The molecule has 2 rings (SSSR count). The van der Waals surface area contributed by atoms with Gasteiger partial charge in [0.05, 0.1) is 12.2 Å². The average Bonchev–Trinajstić information content (AvgIpc) is 2.44. The zero-order valence-electron chi connectivity index (χ0n) is 11.9. The first-order chi connectivity index (χ1) is 9.61. The molecule has 0 saturated heterocycles. The Hall–Kier alpha value is -2.04. The van der Waals surface area contributed by atoms with E-state index in [2.05, 4.69) is 5.32 Å². The largest absolute Gasteiger partial charge is 0.490 e.